The molecule has 0 saturated heterocycles. The average Bonchev–Trinajstić information content (AvgIpc) is 2.86. The lowest BCUT2D eigenvalue weighted by Gasteiger charge is -2.15. The van der Waals surface area contributed by atoms with Gasteiger partial charge in [0.15, 0.2) is 5.69 Å². The highest BCUT2D eigenvalue weighted by Gasteiger charge is 2.38. The maximum absolute atomic E-state index is 13.6. The minimum atomic E-state index is -5.05. The van der Waals surface area contributed by atoms with Crippen molar-refractivity contribution < 1.29 is 22.3 Å². The lowest BCUT2D eigenvalue weighted by Crippen LogP contribution is -2.27. The van der Waals surface area contributed by atoms with Crippen molar-refractivity contribution >= 4 is 28.8 Å². The Bertz CT molecular complexity index is 1600. The summed E-state index contributed by atoms with van der Waals surface area (Å²) in [5, 5.41) is 15.1. The lowest BCUT2D eigenvalue weighted by molar-refractivity contribution is -0.142. The Balaban J connectivity index is 2.01. The molecule has 2 heterocycles. The van der Waals surface area contributed by atoms with Gasteiger partial charge in [0.05, 0.1) is 36.1 Å². The molecule has 3 aromatic rings. The van der Waals surface area contributed by atoms with Crippen molar-refractivity contribution in [1.29, 1.82) is 5.26 Å². The van der Waals surface area contributed by atoms with E-state index in [0.717, 1.165) is 22.8 Å². The van der Waals surface area contributed by atoms with Crippen molar-refractivity contribution in [2.75, 3.05) is 5.88 Å². The molecule has 0 saturated carbocycles. The van der Waals surface area contributed by atoms with Gasteiger partial charge < -0.3 is 4.74 Å². The molecule has 1 aromatic carbocycles. The van der Waals surface area contributed by atoms with Gasteiger partial charge in [-0.1, -0.05) is 30.3 Å². The number of aromatic nitrogens is 4. The molecule has 0 aliphatic carbocycles. The van der Waals surface area contributed by atoms with E-state index in [1.807, 2.05) is 0 Å². The van der Waals surface area contributed by atoms with Gasteiger partial charge in [0.25, 0.3) is 11.1 Å². The number of hydrogen-bond acceptors (Lipinski definition) is 6. The molecule has 196 valence electrons. The van der Waals surface area contributed by atoms with Crippen LogP contribution in [0.4, 0.5) is 17.6 Å². The molecular weight excluding hydrogens is 553 g/mol. The van der Waals surface area contributed by atoms with Gasteiger partial charge in [-0.25, -0.2) is 14.5 Å². The zero-order valence-corrected chi connectivity index (χ0v) is 20.5. The van der Waals surface area contributed by atoms with Crippen LogP contribution >= 0.6 is 23.2 Å². The number of hydrogen-bond donors (Lipinski definition) is 1. The third kappa shape index (κ3) is 6.96. The van der Waals surface area contributed by atoms with Gasteiger partial charge in [-0.3, -0.25) is 14.2 Å². The van der Waals surface area contributed by atoms with Crippen LogP contribution in [0.1, 0.15) is 22.5 Å². The Morgan fingerprint density at radius 1 is 1.26 bits per heavy atom. The van der Waals surface area contributed by atoms with E-state index in [4.69, 9.17) is 33.2 Å². The van der Waals surface area contributed by atoms with Crippen LogP contribution in [0.3, 0.4) is 0 Å². The van der Waals surface area contributed by atoms with E-state index >= 15 is 0 Å². The summed E-state index contributed by atoms with van der Waals surface area (Å²) >= 11 is 11.2. The van der Waals surface area contributed by atoms with Crippen molar-refractivity contribution in [3.63, 3.8) is 0 Å². The van der Waals surface area contributed by atoms with Gasteiger partial charge in [0.1, 0.15) is 11.6 Å². The van der Waals surface area contributed by atoms with E-state index in [1.54, 1.807) is 6.07 Å². The highest BCUT2D eigenvalue weighted by Crippen LogP contribution is 2.35. The third-order valence-corrected chi connectivity index (χ3v) is 5.20. The van der Waals surface area contributed by atoms with E-state index in [-0.39, 0.29) is 39.0 Å². The predicted octanol–water partition coefficient (Wildman–Crippen LogP) is 5.37. The fourth-order valence-corrected chi connectivity index (χ4v) is 3.34. The van der Waals surface area contributed by atoms with E-state index in [2.05, 4.69) is 21.8 Å². The number of halogens is 6. The van der Waals surface area contributed by atoms with E-state index in [0.29, 0.717) is 6.33 Å². The summed E-state index contributed by atoms with van der Waals surface area (Å²) in [5.74, 6) is -2.40. The minimum absolute atomic E-state index is 0.00282. The summed E-state index contributed by atoms with van der Waals surface area (Å²) < 4.78 is 60.0. The smallest absolute Gasteiger partial charge is 0.437 e. The Labute approximate surface area is 221 Å². The molecule has 0 bridgehead atoms. The molecule has 1 N–H and O–H groups in total. The highest BCUT2D eigenvalue weighted by molar-refractivity contribution is 6.30. The number of nitrogens with one attached hydrogen (secondary N) is 1. The summed E-state index contributed by atoms with van der Waals surface area (Å²) in [7, 11) is 0. The van der Waals surface area contributed by atoms with Crippen molar-refractivity contribution in [1.82, 2.24) is 19.7 Å². The number of rotatable bonds is 8. The van der Waals surface area contributed by atoms with Crippen molar-refractivity contribution in [2.45, 2.75) is 12.7 Å². The highest BCUT2D eigenvalue weighted by atomic mass is 35.5. The quantitative estimate of drug-likeness (QED) is 0.222. The van der Waals surface area contributed by atoms with Gasteiger partial charge in [0.2, 0.25) is 5.75 Å². The zero-order chi connectivity index (χ0) is 28.0. The molecule has 0 aliphatic rings. The van der Waals surface area contributed by atoms with Crippen LogP contribution in [0.5, 0.6) is 11.5 Å². The maximum Gasteiger partial charge on any atom is 0.437 e. The second kappa shape index (κ2) is 11.9. The number of nitriles is 1. The minimum Gasteiger partial charge on any atom is -0.449 e. The molecule has 0 radical (unpaired) electrons. The van der Waals surface area contributed by atoms with Crippen molar-refractivity contribution in [3.8, 4) is 17.6 Å². The number of H-pyrrole nitrogens is 1. The molecule has 2 aromatic heterocycles. The average molecular weight is 568 g/mol. The van der Waals surface area contributed by atoms with Gasteiger partial charge in [-0.2, -0.15) is 23.5 Å². The van der Waals surface area contributed by atoms with Crippen LogP contribution in [0.15, 0.2) is 70.8 Å². The summed E-state index contributed by atoms with van der Waals surface area (Å²) in [4.78, 5) is 28.6. The molecule has 0 atom stereocenters. The van der Waals surface area contributed by atoms with Crippen LogP contribution in [0, 0.1) is 11.3 Å². The van der Waals surface area contributed by atoms with Crippen LogP contribution in [0.25, 0.3) is 5.57 Å². The Kier molecular flexibility index (Phi) is 8.88. The molecule has 0 unspecified atom stereocenters. The van der Waals surface area contributed by atoms with Crippen LogP contribution < -0.4 is 15.9 Å². The van der Waals surface area contributed by atoms with E-state index in [9.17, 15) is 27.2 Å². The molecule has 0 spiro atoms. The van der Waals surface area contributed by atoms with E-state index < -0.39 is 41.1 Å². The number of allylic oxidation sites excluding steroid dienone is 5. The first kappa shape index (κ1) is 28.4. The van der Waals surface area contributed by atoms with Gasteiger partial charge in [0, 0.05) is 10.6 Å². The standard InChI is InChI=1S/C24H15Cl2F4N5O3/c1-13(3-2-4-16(27)9-25)19-8-17(33-34-22(19)36)11-35-12-32-21(24(28,29)30)20(23(35)37)38-18-6-14(10-31)5-15(26)7-18/h2-8,12H,1,9,11H2,(H,34,36)/b3-2-,16-4+. The Morgan fingerprint density at radius 2 is 2.00 bits per heavy atom. The molecule has 0 amide bonds. The van der Waals surface area contributed by atoms with Crippen molar-refractivity contribution in [3.05, 3.63) is 109 Å². The number of nitrogens with zero attached hydrogens (tertiary/aromatic N) is 4. The molecule has 38 heavy (non-hydrogen) atoms. The Hall–Kier alpha value is -4.21. The molecule has 8 nitrogen and oxygen atoms in total. The summed E-state index contributed by atoms with van der Waals surface area (Å²) in [5.41, 5.74) is -3.25. The summed E-state index contributed by atoms with van der Waals surface area (Å²) in [6, 6.07) is 6.52. The largest absolute Gasteiger partial charge is 0.449 e. The Morgan fingerprint density at radius 3 is 2.66 bits per heavy atom. The first-order valence-corrected chi connectivity index (χ1v) is 11.3. The number of alkyl halides is 4. The van der Waals surface area contributed by atoms with Crippen LogP contribution in [0.2, 0.25) is 5.02 Å². The fourth-order valence-electron chi connectivity index (χ4n) is 3.03. The number of aromatic amines is 1. The molecule has 0 fully saturated rings. The summed E-state index contributed by atoms with van der Waals surface area (Å²) in [6.07, 6.45) is -0.713. The first-order chi connectivity index (χ1) is 17.9. The predicted molar refractivity (Wildman–Crippen MR) is 132 cm³/mol. The normalized spacial score (nSPS) is 12.0. The number of ether oxygens (including phenoxy) is 1. The molecule has 14 heteroatoms. The summed E-state index contributed by atoms with van der Waals surface area (Å²) in [6.45, 7) is 3.30. The van der Waals surface area contributed by atoms with Gasteiger partial charge in [-0.15, -0.1) is 11.6 Å². The fraction of sp³-hybridized carbons (Fsp3) is 0.125. The maximum atomic E-state index is 13.6. The topological polar surface area (TPSA) is 114 Å². The number of benzene rings is 1. The van der Waals surface area contributed by atoms with Gasteiger partial charge >= 0.3 is 6.18 Å². The van der Waals surface area contributed by atoms with Crippen LogP contribution in [-0.2, 0) is 12.7 Å². The van der Waals surface area contributed by atoms with Gasteiger partial charge in [-0.05, 0) is 35.9 Å². The van der Waals surface area contributed by atoms with Crippen LogP contribution in [-0.4, -0.2) is 25.6 Å². The molecule has 0 aliphatic heterocycles. The third-order valence-electron chi connectivity index (χ3n) is 4.72. The first-order valence-electron chi connectivity index (χ1n) is 10.3. The molecule has 3 rings (SSSR count). The zero-order valence-electron chi connectivity index (χ0n) is 19.0. The van der Waals surface area contributed by atoms with E-state index in [1.165, 1.54) is 24.3 Å². The second-order valence-electron chi connectivity index (χ2n) is 7.48. The SMILES string of the molecule is C=C(/C=C\C=C(\F)CCl)c1cc(Cn2cnc(C(F)(F)F)c(Oc3cc(Cl)cc(C#N)c3)c2=O)n[nH]c1=O. The molecular formula is C24H15Cl2F4N5O3. The second-order valence-corrected chi connectivity index (χ2v) is 8.18. The lowest BCUT2D eigenvalue weighted by atomic mass is 10.1. The monoisotopic (exact) mass is 567 g/mol. The van der Waals surface area contributed by atoms with Crippen molar-refractivity contribution in [2.24, 2.45) is 0 Å².